The van der Waals surface area contributed by atoms with Crippen molar-refractivity contribution >= 4 is 23.6 Å². The predicted octanol–water partition coefficient (Wildman–Crippen LogP) is 4.75. The Hall–Kier alpha value is -3.13. The molecule has 7 nitrogen and oxygen atoms in total. The van der Waals surface area contributed by atoms with Gasteiger partial charge in [-0.25, -0.2) is 0 Å². The molecule has 1 saturated heterocycles. The fraction of sp³-hybridized carbons (Fsp3) is 0.385. The highest BCUT2D eigenvalue weighted by molar-refractivity contribution is 7.98. The average Bonchev–Trinajstić information content (AvgIpc) is 3.31. The van der Waals surface area contributed by atoms with Crippen LogP contribution in [0.15, 0.2) is 64.0 Å². The number of furan rings is 1. The molecule has 0 radical (unpaired) electrons. The highest BCUT2D eigenvalue weighted by Crippen LogP contribution is 2.25. The summed E-state index contributed by atoms with van der Waals surface area (Å²) in [7, 11) is 0. The van der Waals surface area contributed by atoms with Crippen molar-refractivity contribution in [2.75, 3.05) is 19.6 Å². The summed E-state index contributed by atoms with van der Waals surface area (Å²) in [6, 6.07) is 17.3. The van der Waals surface area contributed by atoms with Crippen LogP contribution in [0.3, 0.4) is 0 Å². The van der Waals surface area contributed by atoms with Gasteiger partial charge in [0, 0.05) is 36.7 Å². The summed E-state index contributed by atoms with van der Waals surface area (Å²) < 4.78 is 5.84. The molecule has 8 heteroatoms. The molecule has 1 fully saturated rings. The second kappa shape index (κ2) is 10.0. The van der Waals surface area contributed by atoms with Crippen molar-refractivity contribution in [3.05, 3.63) is 66.1 Å². The Morgan fingerprint density at radius 3 is 2.44 bits per heavy atom. The van der Waals surface area contributed by atoms with Crippen LogP contribution in [0.5, 0.6) is 0 Å². The Balaban J connectivity index is 1.32. The number of thioether (sulfide) groups is 1. The Labute approximate surface area is 204 Å². The fourth-order valence-corrected chi connectivity index (χ4v) is 4.61. The van der Waals surface area contributed by atoms with Gasteiger partial charge < -0.3 is 14.2 Å². The molecule has 0 spiro atoms. The van der Waals surface area contributed by atoms with E-state index in [0.717, 1.165) is 16.3 Å². The number of carbonyl (C=O) groups is 2. The maximum absolute atomic E-state index is 13.0. The van der Waals surface area contributed by atoms with Gasteiger partial charge in [0.05, 0.1) is 11.4 Å². The minimum absolute atomic E-state index is 0.0353. The summed E-state index contributed by atoms with van der Waals surface area (Å²) in [6.07, 6.45) is 0. The van der Waals surface area contributed by atoms with Crippen LogP contribution in [0.4, 0.5) is 0 Å². The lowest BCUT2D eigenvalue weighted by Gasteiger charge is -2.42. The summed E-state index contributed by atoms with van der Waals surface area (Å²) in [5.41, 5.74) is 1.42. The van der Waals surface area contributed by atoms with Crippen LogP contribution in [-0.2, 0) is 10.5 Å². The third-order valence-electron chi connectivity index (χ3n) is 5.76. The van der Waals surface area contributed by atoms with E-state index in [4.69, 9.17) is 4.42 Å². The zero-order valence-corrected chi connectivity index (χ0v) is 20.8. The minimum Gasteiger partial charge on any atom is -0.455 e. The summed E-state index contributed by atoms with van der Waals surface area (Å²) in [6.45, 7) is 9.27. The van der Waals surface area contributed by atoms with Crippen LogP contribution < -0.4 is 0 Å². The topological polar surface area (TPSA) is 79.5 Å². The van der Waals surface area contributed by atoms with Crippen molar-refractivity contribution < 1.29 is 14.0 Å². The SMILES string of the molecule is CC1CN(C(=O)c2ccc(CSc3ccc(-c4ccccc4)nn3)o2)CCN1C(=O)C(C)(C)C. The summed E-state index contributed by atoms with van der Waals surface area (Å²) in [4.78, 5) is 29.3. The van der Waals surface area contributed by atoms with Gasteiger partial charge in [-0.1, -0.05) is 62.9 Å². The molecule has 3 aromatic rings. The summed E-state index contributed by atoms with van der Waals surface area (Å²) >= 11 is 1.51. The molecule has 1 aromatic carbocycles. The van der Waals surface area contributed by atoms with Gasteiger partial charge in [0.2, 0.25) is 5.91 Å². The van der Waals surface area contributed by atoms with Crippen molar-refractivity contribution in [2.45, 2.75) is 44.5 Å². The van der Waals surface area contributed by atoms with E-state index >= 15 is 0 Å². The summed E-state index contributed by atoms with van der Waals surface area (Å²) in [5, 5.41) is 9.39. The van der Waals surface area contributed by atoms with Gasteiger partial charge in [0.25, 0.3) is 5.91 Å². The molecule has 2 amide bonds. The average molecular weight is 479 g/mol. The number of amides is 2. The second-order valence-electron chi connectivity index (χ2n) is 9.53. The maximum atomic E-state index is 13.0. The molecule has 1 unspecified atom stereocenters. The molecule has 1 atom stereocenters. The van der Waals surface area contributed by atoms with E-state index in [0.29, 0.717) is 36.9 Å². The lowest BCUT2D eigenvalue weighted by Crippen LogP contribution is -2.57. The van der Waals surface area contributed by atoms with E-state index in [1.165, 1.54) is 11.8 Å². The number of hydrogen-bond donors (Lipinski definition) is 0. The van der Waals surface area contributed by atoms with Crippen LogP contribution in [0.25, 0.3) is 11.3 Å². The molecule has 3 heterocycles. The summed E-state index contributed by atoms with van der Waals surface area (Å²) in [5.74, 6) is 1.56. The van der Waals surface area contributed by atoms with Crippen LogP contribution in [0.2, 0.25) is 0 Å². The van der Waals surface area contributed by atoms with Gasteiger partial charge in [-0.05, 0) is 31.2 Å². The lowest BCUT2D eigenvalue weighted by molar-refractivity contribution is -0.143. The number of nitrogens with zero attached hydrogens (tertiary/aromatic N) is 4. The van der Waals surface area contributed by atoms with Crippen molar-refractivity contribution in [2.24, 2.45) is 5.41 Å². The van der Waals surface area contributed by atoms with Gasteiger partial charge in [0.15, 0.2) is 5.76 Å². The maximum Gasteiger partial charge on any atom is 0.289 e. The fourth-order valence-electron chi connectivity index (χ4n) is 3.91. The van der Waals surface area contributed by atoms with Crippen LogP contribution in [0, 0.1) is 5.41 Å². The van der Waals surface area contributed by atoms with Crippen molar-refractivity contribution in [1.82, 2.24) is 20.0 Å². The lowest BCUT2D eigenvalue weighted by atomic mass is 9.93. The molecule has 4 rings (SSSR count). The normalized spacial score (nSPS) is 16.5. The third-order valence-corrected chi connectivity index (χ3v) is 6.70. The molecule has 0 N–H and O–H groups in total. The molecule has 34 heavy (non-hydrogen) atoms. The molecule has 1 aliphatic heterocycles. The minimum atomic E-state index is -0.430. The zero-order chi connectivity index (χ0) is 24.3. The van der Waals surface area contributed by atoms with Crippen molar-refractivity contribution in [1.29, 1.82) is 0 Å². The number of carbonyl (C=O) groups excluding carboxylic acids is 2. The molecule has 0 aliphatic carbocycles. The van der Waals surface area contributed by atoms with Gasteiger partial charge >= 0.3 is 0 Å². The van der Waals surface area contributed by atoms with E-state index in [9.17, 15) is 9.59 Å². The van der Waals surface area contributed by atoms with Crippen LogP contribution >= 0.6 is 11.8 Å². The van der Waals surface area contributed by atoms with E-state index < -0.39 is 5.41 Å². The first-order valence-electron chi connectivity index (χ1n) is 11.4. The van der Waals surface area contributed by atoms with Crippen molar-refractivity contribution in [3.63, 3.8) is 0 Å². The third kappa shape index (κ3) is 5.50. The van der Waals surface area contributed by atoms with Gasteiger partial charge in [0.1, 0.15) is 10.8 Å². The first-order chi connectivity index (χ1) is 16.2. The number of aromatic nitrogens is 2. The number of hydrogen-bond acceptors (Lipinski definition) is 6. The quantitative estimate of drug-likeness (QED) is 0.493. The number of benzene rings is 1. The number of piperazine rings is 1. The van der Waals surface area contributed by atoms with E-state index in [2.05, 4.69) is 10.2 Å². The smallest absolute Gasteiger partial charge is 0.289 e. The van der Waals surface area contributed by atoms with E-state index in [1.807, 2.05) is 81.1 Å². The molecular weight excluding hydrogens is 448 g/mol. The number of rotatable bonds is 5. The van der Waals surface area contributed by atoms with Crippen molar-refractivity contribution in [3.8, 4) is 11.3 Å². The molecule has 2 aromatic heterocycles. The monoisotopic (exact) mass is 478 g/mol. The Morgan fingerprint density at radius 2 is 1.79 bits per heavy atom. The van der Waals surface area contributed by atoms with Crippen LogP contribution in [-0.4, -0.2) is 57.5 Å². The van der Waals surface area contributed by atoms with Gasteiger partial charge in [-0.2, -0.15) is 0 Å². The van der Waals surface area contributed by atoms with E-state index in [-0.39, 0.29) is 17.9 Å². The second-order valence-corrected chi connectivity index (χ2v) is 10.5. The Bertz CT molecular complexity index is 1140. The molecule has 0 bridgehead atoms. The molecule has 1 aliphatic rings. The Morgan fingerprint density at radius 1 is 1.03 bits per heavy atom. The van der Waals surface area contributed by atoms with Crippen LogP contribution in [0.1, 0.15) is 44.0 Å². The first-order valence-corrected chi connectivity index (χ1v) is 12.4. The molecule has 0 saturated carbocycles. The van der Waals surface area contributed by atoms with E-state index in [1.54, 1.807) is 11.0 Å². The largest absolute Gasteiger partial charge is 0.455 e. The Kier molecular flexibility index (Phi) is 7.07. The molecular formula is C26H30N4O3S. The van der Waals surface area contributed by atoms with Gasteiger partial charge in [-0.15, -0.1) is 10.2 Å². The van der Waals surface area contributed by atoms with Gasteiger partial charge in [-0.3, -0.25) is 9.59 Å². The highest BCUT2D eigenvalue weighted by Gasteiger charge is 2.35. The highest BCUT2D eigenvalue weighted by atomic mass is 32.2. The zero-order valence-electron chi connectivity index (χ0n) is 20.0. The predicted molar refractivity (Wildman–Crippen MR) is 132 cm³/mol. The first kappa shape index (κ1) is 24.0. The standard InChI is InChI=1S/C26H30N4O3S/c1-18-16-29(14-15-30(18)25(32)26(2,3)4)24(31)22-12-10-20(33-22)17-34-23-13-11-21(27-28-23)19-8-6-5-7-9-19/h5-13,18H,14-17H2,1-4H3. The molecule has 178 valence electrons.